The Morgan fingerprint density at radius 1 is 1.12 bits per heavy atom. The number of hydrogen-bond acceptors (Lipinski definition) is 6. The molecule has 2 aliphatic heterocycles. The van der Waals surface area contributed by atoms with E-state index in [4.69, 9.17) is 18.9 Å². The van der Waals surface area contributed by atoms with Crippen molar-refractivity contribution in [3.05, 3.63) is 82.9 Å². The van der Waals surface area contributed by atoms with Gasteiger partial charge in [-0.2, -0.15) is 0 Å². The molecule has 2 aliphatic rings. The fourth-order valence-corrected chi connectivity index (χ4v) is 4.05. The highest BCUT2D eigenvalue weighted by molar-refractivity contribution is 6.13. The van der Waals surface area contributed by atoms with Crippen LogP contribution in [0.15, 0.2) is 54.6 Å². The Morgan fingerprint density at radius 3 is 2.74 bits per heavy atom. The van der Waals surface area contributed by atoms with Crippen molar-refractivity contribution in [3.63, 3.8) is 0 Å². The van der Waals surface area contributed by atoms with Gasteiger partial charge in [-0.15, -0.1) is 0 Å². The van der Waals surface area contributed by atoms with E-state index >= 15 is 0 Å². The molecule has 0 aliphatic carbocycles. The second-order valence-electron chi connectivity index (χ2n) is 8.63. The van der Waals surface area contributed by atoms with E-state index in [9.17, 15) is 13.6 Å². The van der Waals surface area contributed by atoms with Crippen molar-refractivity contribution < 1.29 is 32.5 Å². The number of anilines is 2. The summed E-state index contributed by atoms with van der Waals surface area (Å²) >= 11 is 0. The first kappa shape index (κ1) is 22.3. The molecule has 0 radical (unpaired) electrons. The van der Waals surface area contributed by atoms with Gasteiger partial charge in [0.2, 0.25) is 5.78 Å². The van der Waals surface area contributed by atoms with Crippen molar-refractivity contribution in [2.45, 2.75) is 32.3 Å². The van der Waals surface area contributed by atoms with Crippen LogP contribution >= 0.6 is 0 Å². The summed E-state index contributed by atoms with van der Waals surface area (Å²) in [5.74, 6) is -1.47. The van der Waals surface area contributed by atoms with Crippen LogP contribution in [0.3, 0.4) is 0 Å². The summed E-state index contributed by atoms with van der Waals surface area (Å²) in [7, 11) is 0. The summed E-state index contributed by atoms with van der Waals surface area (Å²) in [5.41, 5.74) is 2.11. The fourth-order valence-electron chi connectivity index (χ4n) is 4.05. The molecular formula is C26H23F2NO5. The molecule has 1 atom stereocenters. The molecule has 0 saturated carbocycles. The molecule has 6 nitrogen and oxygen atoms in total. The van der Waals surface area contributed by atoms with Gasteiger partial charge in [-0.3, -0.25) is 4.79 Å². The first-order valence-electron chi connectivity index (χ1n) is 10.9. The zero-order valence-electron chi connectivity index (χ0n) is 18.7. The van der Waals surface area contributed by atoms with E-state index < -0.39 is 17.4 Å². The average Bonchev–Trinajstić information content (AvgIpc) is 3.09. The van der Waals surface area contributed by atoms with E-state index in [-0.39, 0.29) is 30.8 Å². The molecule has 0 amide bonds. The van der Waals surface area contributed by atoms with Crippen molar-refractivity contribution in [1.82, 2.24) is 0 Å². The van der Waals surface area contributed by atoms with Crippen molar-refractivity contribution in [3.8, 4) is 11.5 Å². The summed E-state index contributed by atoms with van der Waals surface area (Å²) < 4.78 is 50.5. The quantitative estimate of drug-likeness (QED) is 0.545. The van der Waals surface area contributed by atoms with Crippen molar-refractivity contribution in [2.75, 3.05) is 18.5 Å². The lowest BCUT2D eigenvalue weighted by atomic mass is 9.98. The Bertz CT molecular complexity index is 1260. The summed E-state index contributed by atoms with van der Waals surface area (Å²) in [6, 6.07) is 13.5. The number of ketones is 1. The van der Waals surface area contributed by atoms with Crippen LogP contribution in [0.5, 0.6) is 11.5 Å². The number of ether oxygens (including phenoxy) is 4. The Hall–Kier alpha value is -3.49. The second kappa shape index (κ2) is 8.70. The van der Waals surface area contributed by atoms with Gasteiger partial charge in [-0.25, -0.2) is 8.78 Å². The molecule has 1 fully saturated rings. The van der Waals surface area contributed by atoms with Crippen LogP contribution in [0.25, 0.3) is 0 Å². The predicted octanol–water partition coefficient (Wildman–Crippen LogP) is 5.36. The third-order valence-electron chi connectivity index (χ3n) is 5.65. The van der Waals surface area contributed by atoms with Crippen LogP contribution in [0.1, 0.15) is 35.3 Å². The molecule has 0 aromatic heterocycles. The topological polar surface area (TPSA) is 66.0 Å². The SMILES string of the molecule is CC1(C)OC[C@H](COc2cccc3c2C(=O)c2ccc(Nc4ccc(F)cc4F)cc2OC3)O1. The molecule has 3 aromatic rings. The summed E-state index contributed by atoms with van der Waals surface area (Å²) in [4.78, 5) is 13.5. The summed E-state index contributed by atoms with van der Waals surface area (Å²) in [6.45, 7) is 4.49. The average molecular weight is 467 g/mol. The molecule has 8 heteroatoms. The highest BCUT2D eigenvalue weighted by atomic mass is 19.1. The van der Waals surface area contributed by atoms with Gasteiger partial charge in [-0.05, 0) is 44.2 Å². The smallest absolute Gasteiger partial charge is 0.200 e. The van der Waals surface area contributed by atoms with Crippen LogP contribution in [-0.2, 0) is 16.1 Å². The van der Waals surface area contributed by atoms with Gasteiger partial charge in [-0.1, -0.05) is 12.1 Å². The molecule has 34 heavy (non-hydrogen) atoms. The van der Waals surface area contributed by atoms with Gasteiger partial charge in [0, 0.05) is 23.4 Å². The number of halogens is 2. The van der Waals surface area contributed by atoms with Crippen molar-refractivity contribution in [1.29, 1.82) is 0 Å². The minimum absolute atomic E-state index is 0.113. The van der Waals surface area contributed by atoms with Crippen LogP contribution in [-0.4, -0.2) is 30.9 Å². The Morgan fingerprint density at radius 2 is 1.97 bits per heavy atom. The fraction of sp³-hybridized carbons (Fsp3) is 0.269. The predicted molar refractivity (Wildman–Crippen MR) is 121 cm³/mol. The molecule has 0 spiro atoms. The third kappa shape index (κ3) is 4.47. The zero-order valence-corrected chi connectivity index (χ0v) is 18.7. The number of hydrogen-bond donors (Lipinski definition) is 1. The van der Waals surface area contributed by atoms with E-state index in [0.717, 1.165) is 12.1 Å². The highest BCUT2D eigenvalue weighted by Crippen LogP contribution is 2.36. The zero-order chi connectivity index (χ0) is 23.9. The van der Waals surface area contributed by atoms with Gasteiger partial charge in [0.15, 0.2) is 5.79 Å². The minimum atomic E-state index is -0.721. The largest absolute Gasteiger partial charge is 0.490 e. The van der Waals surface area contributed by atoms with E-state index in [0.29, 0.717) is 40.5 Å². The number of rotatable bonds is 5. The van der Waals surface area contributed by atoms with Crippen LogP contribution in [0.2, 0.25) is 0 Å². The van der Waals surface area contributed by atoms with Crippen LogP contribution < -0.4 is 14.8 Å². The maximum Gasteiger partial charge on any atom is 0.200 e. The highest BCUT2D eigenvalue weighted by Gasteiger charge is 2.33. The first-order valence-corrected chi connectivity index (χ1v) is 10.9. The molecule has 1 N–H and O–H groups in total. The first-order chi connectivity index (χ1) is 16.3. The maximum absolute atomic E-state index is 14.0. The van der Waals surface area contributed by atoms with Gasteiger partial charge >= 0.3 is 0 Å². The van der Waals surface area contributed by atoms with Crippen molar-refractivity contribution >= 4 is 17.2 Å². The molecule has 3 aromatic carbocycles. The van der Waals surface area contributed by atoms with E-state index in [1.54, 1.807) is 30.3 Å². The second-order valence-corrected chi connectivity index (χ2v) is 8.63. The lowest BCUT2D eigenvalue weighted by Gasteiger charge is -2.18. The summed E-state index contributed by atoms with van der Waals surface area (Å²) in [5, 5.41) is 2.89. The normalized spacial score (nSPS) is 18.5. The molecule has 5 rings (SSSR count). The Labute approximate surface area is 195 Å². The molecule has 176 valence electrons. The Balaban J connectivity index is 1.39. The van der Waals surface area contributed by atoms with Gasteiger partial charge in [0.05, 0.1) is 23.4 Å². The van der Waals surface area contributed by atoms with E-state index in [1.807, 2.05) is 19.9 Å². The number of nitrogens with one attached hydrogen (secondary N) is 1. The number of carbonyl (C=O) groups is 1. The minimum Gasteiger partial charge on any atom is -0.490 e. The Kier molecular flexibility index (Phi) is 5.71. The lowest BCUT2D eigenvalue weighted by Crippen LogP contribution is -2.25. The molecular weight excluding hydrogens is 444 g/mol. The van der Waals surface area contributed by atoms with Crippen LogP contribution in [0, 0.1) is 11.6 Å². The molecule has 1 saturated heterocycles. The molecule has 0 unspecified atom stereocenters. The van der Waals surface area contributed by atoms with Gasteiger partial charge in [0.25, 0.3) is 0 Å². The maximum atomic E-state index is 14.0. The van der Waals surface area contributed by atoms with E-state index in [1.165, 1.54) is 6.07 Å². The monoisotopic (exact) mass is 467 g/mol. The molecule has 0 bridgehead atoms. The summed E-state index contributed by atoms with van der Waals surface area (Å²) in [6.07, 6.45) is -0.240. The van der Waals surface area contributed by atoms with Gasteiger partial charge in [0.1, 0.15) is 42.5 Å². The van der Waals surface area contributed by atoms with Crippen LogP contribution in [0.4, 0.5) is 20.2 Å². The van der Waals surface area contributed by atoms with Gasteiger partial charge < -0.3 is 24.3 Å². The number of carbonyl (C=O) groups excluding carboxylic acids is 1. The molecule has 2 heterocycles. The number of fused-ring (bicyclic) bond motifs is 2. The van der Waals surface area contributed by atoms with Crippen molar-refractivity contribution in [2.24, 2.45) is 0 Å². The standard InChI is InChI=1S/C26H23F2NO5/c1-26(2)33-14-18(34-26)13-32-22-5-3-4-15-12-31-23-11-17(7-8-19(23)25(30)24(15)22)29-21-9-6-16(27)10-20(21)28/h3-11,18,29H,12-14H2,1-2H3/t18-/m0/s1. The number of benzene rings is 3. The lowest BCUT2D eigenvalue weighted by molar-refractivity contribution is -0.141. The third-order valence-corrected chi connectivity index (χ3v) is 5.65. The van der Waals surface area contributed by atoms with E-state index in [2.05, 4.69) is 5.32 Å².